The number of nitrogens with two attached hydrogens (primary N) is 1. The standard InChI is InChI=1S/C15H17NO2/c1-11-5-2-3-8-15(11)18-10-14(17)12-6-4-7-13(16)9-12/h2-9,14,17H,10,16H2,1H3. The van der Waals surface area contributed by atoms with E-state index in [1.54, 1.807) is 12.1 Å². The van der Waals surface area contributed by atoms with Crippen LogP contribution < -0.4 is 10.5 Å². The third kappa shape index (κ3) is 3.02. The summed E-state index contributed by atoms with van der Waals surface area (Å²) in [6.45, 7) is 2.19. The van der Waals surface area contributed by atoms with Crippen LogP contribution in [-0.4, -0.2) is 11.7 Å². The van der Waals surface area contributed by atoms with Crippen LogP contribution in [0.2, 0.25) is 0 Å². The van der Waals surface area contributed by atoms with Crippen LogP contribution in [0.5, 0.6) is 5.75 Å². The highest BCUT2D eigenvalue weighted by molar-refractivity contribution is 5.41. The molecule has 3 heteroatoms. The first-order chi connectivity index (χ1) is 8.66. The Morgan fingerprint density at radius 1 is 1.17 bits per heavy atom. The first-order valence-electron chi connectivity index (χ1n) is 5.89. The van der Waals surface area contributed by atoms with Crippen LogP contribution in [0, 0.1) is 6.92 Å². The Morgan fingerprint density at radius 2 is 1.94 bits per heavy atom. The molecule has 0 aliphatic carbocycles. The quantitative estimate of drug-likeness (QED) is 0.812. The first-order valence-corrected chi connectivity index (χ1v) is 5.89. The molecule has 0 heterocycles. The van der Waals surface area contributed by atoms with Gasteiger partial charge in [0.1, 0.15) is 18.5 Å². The third-order valence-corrected chi connectivity index (χ3v) is 2.79. The number of anilines is 1. The van der Waals surface area contributed by atoms with Crippen LogP contribution in [0.25, 0.3) is 0 Å². The van der Waals surface area contributed by atoms with Gasteiger partial charge in [-0.15, -0.1) is 0 Å². The molecule has 2 rings (SSSR count). The normalized spacial score (nSPS) is 12.1. The Morgan fingerprint density at radius 3 is 2.67 bits per heavy atom. The van der Waals surface area contributed by atoms with Crippen molar-refractivity contribution in [3.05, 3.63) is 59.7 Å². The smallest absolute Gasteiger partial charge is 0.122 e. The van der Waals surface area contributed by atoms with E-state index in [9.17, 15) is 5.11 Å². The van der Waals surface area contributed by atoms with Crippen molar-refractivity contribution in [2.24, 2.45) is 0 Å². The van der Waals surface area contributed by atoms with E-state index in [-0.39, 0.29) is 6.61 Å². The van der Waals surface area contributed by atoms with E-state index in [0.717, 1.165) is 16.9 Å². The summed E-state index contributed by atoms with van der Waals surface area (Å²) in [5.74, 6) is 0.792. The molecule has 3 nitrogen and oxygen atoms in total. The Hall–Kier alpha value is -2.00. The number of rotatable bonds is 4. The molecule has 0 bridgehead atoms. The summed E-state index contributed by atoms with van der Waals surface area (Å²) >= 11 is 0. The van der Waals surface area contributed by atoms with Crippen molar-refractivity contribution in [1.29, 1.82) is 0 Å². The van der Waals surface area contributed by atoms with Gasteiger partial charge in [-0.1, -0.05) is 30.3 Å². The molecule has 0 aliphatic heterocycles. The summed E-state index contributed by atoms with van der Waals surface area (Å²) in [6.07, 6.45) is -0.673. The van der Waals surface area contributed by atoms with Crippen LogP contribution in [0.3, 0.4) is 0 Å². The number of ether oxygens (including phenoxy) is 1. The minimum atomic E-state index is -0.673. The molecular formula is C15H17NO2. The molecule has 0 saturated carbocycles. The highest BCUT2D eigenvalue weighted by atomic mass is 16.5. The molecule has 2 aromatic rings. The van der Waals surface area contributed by atoms with Crippen LogP contribution in [0.1, 0.15) is 17.2 Å². The van der Waals surface area contributed by atoms with Crippen molar-refractivity contribution in [3.8, 4) is 5.75 Å². The average molecular weight is 243 g/mol. The van der Waals surface area contributed by atoms with Gasteiger partial charge in [-0.25, -0.2) is 0 Å². The molecule has 94 valence electrons. The van der Waals surface area contributed by atoms with Crippen molar-refractivity contribution in [2.75, 3.05) is 12.3 Å². The fourth-order valence-electron chi connectivity index (χ4n) is 1.75. The van der Waals surface area contributed by atoms with Crippen molar-refractivity contribution in [1.82, 2.24) is 0 Å². The molecule has 0 fully saturated rings. The van der Waals surface area contributed by atoms with Crippen molar-refractivity contribution in [3.63, 3.8) is 0 Å². The van der Waals surface area contributed by atoms with Crippen LogP contribution >= 0.6 is 0 Å². The highest BCUT2D eigenvalue weighted by Gasteiger charge is 2.09. The number of aryl methyl sites for hydroxylation is 1. The molecule has 2 aromatic carbocycles. The molecule has 18 heavy (non-hydrogen) atoms. The van der Waals surface area contributed by atoms with Gasteiger partial charge in [0.05, 0.1) is 0 Å². The third-order valence-electron chi connectivity index (χ3n) is 2.79. The van der Waals surface area contributed by atoms with E-state index in [4.69, 9.17) is 10.5 Å². The lowest BCUT2D eigenvalue weighted by Gasteiger charge is -2.14. The second-order valence-electron chi connectivity index (χ2n) is 4.26. The van der Waals surface area contributed by atoms with E-state index in [1.165, 1.54) is 0 Å². The molecular weight excluding hydrogens is 226 g/mol. The lowest BCUT2D eigenvalue weighted by molar-refractivity contribution is 0.108. The van der Waals surface area contributed by atoms with Gasteiger partial charge >= 0.3 is 0 Å². The van der Waals surface area contributed by atoms with Gasteiger partial charge in [-0.2, -0.15) is 0 Å². The van der Waals surface area contributed by atoms with Gasteiger partial charge in [0.25, 0.3) is 0 Å². The fourth-order valence-corrected chi connectivity index (χ4v) is 1.75. The zero-order valence-electron chi connectivity index (χ0n) is 10.3. The van der Waals surface area contributed by atoms with Crippen molar-refractivity contribution >= 4 is 5.69 Å². The van der Waals surface area contributed by atoms with Crippen LogP contribution in [-0.2, 0) is 0 Å². The average Bonchev–Trinajstić information content (AvgIpc) is 2.37. The van der Waals surface area contributed by atoms with E-state index in [0.29, 0.717) is 5.69 Å². The van der Waals surface area contributed by atoms with Gasteiger partial charge in [0.15, 0.2) is 0 Å². The summed E-state index contributed by atoms with van der Waals surface area (Å²) in [5.41, 5.74) is 8.14. The first kappa shape index (κ1) is 12.5. The van der Waals surface area contributed by atoms with E-state index in [2.05, 4.69) is 0 Å². The number of hydrogen-bond acceptors (Lipinski definition) is 3. The lowest BCUT2D eigenvalue weighted by Crippen LogP contribution is -2.10. The van der Waals surface area contributed by atoms with E-state index < -0.39 is 6.10 Å². The topological polar surface area (TPSA) is 55.5 Å². The summed E-state index contributed by atoms with van der Waals surface area (Å²) in [7, 11) is 0. The number of benzene rings is 2. The summed E-state index contributed by atoms with van der Waals surface area (Å²) in [6, 6.07) is 14.9. The minimum absolute atomic E-state index is 0.217. The zero-order chi connectivity index (χ0) is 13.0. The minimum Gasteiger partial charge on any atom is -0.490 e. The molecule has 1 unspecified atom stereocenters. The summed E-state index contributed by atoms with van der Waals surface area (Å²) < 4.78 is 5.60. The van der Waals surface area contributed by atoms with Crippen LogP contribution in [0.15, 0.2) is 48.5 Å². The monoisotopic (exact) mass is 243 g/mol. The van der Waals surface area contributed by atoms with E-state index in [1.807, 2.05) is 43.3 Å². The van der Waals surface area contributed by atoms with Gasteiger partial charge in [-0.3, -0.25) is 0 Å². The van der Waals surface area contributed by atoms with Gasteiger partial charge in [0.2, 0.25) is 0 Å². The molecule has 0 spiro atoms. The second-order valence-corrected chi connectivity index (χ2v) is 4.26. The molecule has 0 aliphatic rings. The molecule has 1 atom stereocenters. The Bertz CT molecular complexity index is 525. The van der Waals surface area contributed by atoms with E-state index >= 15 is 0 Å². The number of hydrogen-bond donors (Lipinski definition) is 2. The highest BCUT2D eigenvalue weighted by Crippen LogP contribution is 2.20. The fraction of sp³-hybridized carbons (Fsp3) is 0.200. The maximum Gasteiger partial charge on any atom is 0.122 e. The Labute approximate surface area is 107 Å². The summed E-state index contributed by atoms with van der Waals surface area (Å²) in [4.78, 5) is 0. The van der Waals surface area contributed by atoms with Crippen molar-refractivity contribution in [2.45, 2.75) is 13.0 Å². The number of para-hydroxylation sites is 1. The Balaban J connectivity index is 2.00. The SMILES string of the molecule is Cc1ccccc1OCC(O)c1cccc(N)c1. The maximum atomic E-state index is 10.0. The number of nitrogen functional groups attached to an aromatic ring is 1. The molecule has 3 N–H and O–H groups in total. The predicted molar refractivity (Wildman–Crippen MR) is 72.5 cm³/mol. The van der Waals surface area contributed by atoms with Gasteiger partial charge < -0.3 is 15.6 Å². The predicted octanol–water partition coefficient (Wildman–Crippen LogP) is 2.69. The summed E-state index contributed by atoms with van der Waals surface area (Å²) in [5, 5.41) is 10.0. The maximum absolute atomic E-state index is 10.0. The number of aliphatic hydroxyl groups is 1. The van der Waals surface area contributed by atoms with Crippen LogP contribution in [0.4, 0.5) is 5.69 Å². The molecule has 0 radical (unpaired) electrons. The Kier molecular flexibility index (Phi) is 3.85. The van der Waals surface area contributed by atoms with Gasteiger partial charge in [-0.05, 0) is 36.2 Å². The lowest BCUT2D eigenvalue weighted by atomic mass is 10.1. The second kappa shape index (κ2) is 5.56. The molecule has 0 amide bonds. The van der Waals surface area contributed by atoms with Gasteiger partial charge in [0, 0.05) is 5.69 Å². The molecule has 0 saturated heterocycles. The molecule has 0 aromatic heterocycles. The zero-order valence-corrected chi connectivity index (χ0v) is 10.3. The number of aliphatic hydroxyl groups excluding tert-OH is 1. The van der Waals surface area contributed by atoms with Crippen molar-refractivity contribution < 1.29 is 9.84 Å². The largest absolute Gasteiger partial charge is 0.490 e.